The molecule has 0 amide bonds. The van der Waals surface area contributed by atoms with E-state index in [2.05, 4.69) is 40.0 Å². The number of rotatable bonds is 4. The highest BCUT2D eigenvalue weighted by Gasteiger charge is 2.18. The van der Waals surface area contributed by atoms with Gasteiger partial charge in [-0.15, -0.1) is 0 Å². The van der Waals surface area contributed by atoms with Crippen LogP contribution in [0.5, 0.6) is 11.5 Å². The van der Waals surface area contributed by atoms with Gasteiger partial charge in [-0.1, -0.05) is 0 Å². The Morgan fingerprint density at radius 1 is 1.09 bits per heavy atom. The van der Waals surface area contributed by atoms with Crippen LogP contribution in [-0.4, -0.2) is 55.4 Å². The van der Waals surface area contributed by atoms with Crippen LogP contribution in [0.3, 0.4) is 0 Å². The van der Waals surface area contributed by atoms with Crippen molar-refractivity contribution in [1.82, 2.24) is 14.8 Å². The van der Waals surface area contributed by atoms with E-state index in [9.17, 15) is 0 Å². The van der Waals surface area contributed by atoms with E-state index in [0.717, 1.165) is 57.2 Å². The van der Waals surface area contributed by atoms with Crippen LogP contribution >= 0.6 is 0 Å². The van der Waals surface area contributed by atoms with Gasteiger partial charge in [0.15, 0.2) is 11.5 Å². The van der Waals surface area contributed by atoms with E-state index >= 15 is 0 Å². The monoisotopic (exact) mass is 315 g/mol. The summed E-state index contributed by atoms with van der Waals surface area (Å²) in [6, 6.07) is 4.31. The molecular weight excluding hydrogens is 290 g/mol. The molecule has 3 heterocycles. The highest BCUT2D eigenvalue weighted by atomic mass is 16.6. The molecular formula is C18H25N3O2. The Hall–Kier alpha value is -1.72. The highest BCUT2D eigenvalue weighted by molar-refractivity contribution is 5.87. The third-order valence-electron chi connectivity index (χ3n) is 4.88. The summed E-state index contributed by atoms with van der Waals surface area (Å²) in [4.78, 5) is 2.55. The van der Waals surface area contributed by atoms with Gasteiger partial charge in [0.1, 0.15) is 13.2 Å². The van der Waals surface area contributed by atoms with Crippen LogP contribution in [0.1, 0.15) is 12.5 Å². The molecule has 0 atom stereocenters. The number of hydrogen-bond donors (Lipinski definition) is 1. The van der Waals surface area contributed by atoms with Crippen molar-refractivity contribution in [2.75, 3.05) is 45.9 Å². The Balaban J connectivity index is 1.62. The van der Waals surface area contributed by atoms with Crippen molar-refractivity contribution >= 4 is 10.9 Å². The van der Waals surface area contributed by atoms with Gasteiger partial charge in [0.2, 0.25) is 0 Å². The fraction of sp³-hybridized carbons (Fsp3) is 0.556. The zero-order valence-electron chi connectivity index (χ0n) is 13.8. The highest BCUT2D eigenvalue weighted by Crippen LogP contribution is 2.36. The summed E-state index contributed by atoms with van der Waals surface area (Å²) in [7, 11) is 0. The van der Waals surface area contributed by atoms with Crippen molar-refractivity contribution in [1.29, 1.82) is 0 Å². The SMILES string of the molecule is CCn1cc(CCN2CCNCC2)c2cc3c(cc21)OCCO3. The van der Waals surface area contributed by atoms with E-state index in [-0.39, 0.29) is 0 Å². The van der Waals surface area contributed by atoms with Gasteiger partial charge in [-0.25, -0.2) is 0 Å². The Labute approximate surface area is 137 Å². The molecule has 2 aliphatic heterocycles. The maximum Gasteiger partial charge on any atom is 0.163 e. The van der Waals surface area contributed by atoms with Gasteiger partial charge >= 0.3 is 0 Å². The van der Waals surface area contributed by atoms with Crippen molar-refractivity contribution in [2.24, 2.45) is 0 Å². The lowest BCUT2D eigenvalue weighted by Gasteiger charge is -2.27. The van der Waals surface area contributed by atoms with Crippen molar-refractivity contribution in [3.63, 3.8) is 0 Å². The molecule has 1 N–H and O–H groups in total. The van der Waals surface area contributed by atoms with Gasteiger partial charge in [0.05, 0.1) is 5.52 Å². The molecule has 0 bridgehead atoms. The summed E-state index contributed by atoms with van der Waals surface area (Å²) in [6.07, 6.45) is 3.39. The number of nitrogens with zero attached hydrogens (tertiary/aromatic N) is 2. The third-order valence-corrected chi connectivity index (χ3v) is 4.88. The number of ether oxygens (including phenoxy) is 2. The van der Waals surface area contributed by atoms with Crippen LogP contribution in [0.15, 0.2) is 18.3 Å². The van der Waals surface area contributed by atoms with Crippen LogP contribution in [0, 0.1) is 0 Å². The Morgan fingerprint density at radius 3 is 2.57 bits per heavy atom. The number of piperazine rings is 1. The molecule has 0 spiro atoms. The van der Waals surface area contributed by atoms with E-state index < -0.39 is 0 Å². The van der Waals surface area contributed by atoms with E-state index in [1.165, 1.54) is 16.5 Å². The van der Waals surface area contributed by atoms with E-state index in [4.69, 9.17) is 9.47 Å². The summed E-state index contributed by atoms with van der Waals surface area (Å²) in [5.74, 6) is 1.77. The number of aryl methyl sites for hydroxylation is 1. The van der Waals surface area contributed by atoms with E-state index in [0.29, 0.717) is 13.2 Å². The lowest BCUT2D eigenvalue weighted by Crippen LogP contribution is -2.44. The first-order valence-corrected chi connectivity index (χ1v) is 8.69. The van der Waals surface area contributed by atoms with Crippen LogP contribution in [-0.2, 0) is 13.0 Å². The zero-order chi connectivity index (χ0) is 15.6. The smallest absolute Gasteiger partial charge is 0.163 e. The third kappa shape index (κ3) is 2.91. The molecule has 2 aromatic rings. The molecule has 4 rings (SSSR count). The van der Waals surface area contributed by atoms with Gasteiger partial charge in [-0.05, 0) is 25.0 Å². The fourth-order valence-corrected chi connectivity index (χ4v) is 3.57. The van der Waals surface area contributed by atoms with E-state index in [1.807, 2.05) is 0 Å². The second kappa shape index (κ2) is 6.42. The molecule has 1 aromatic heterocycles. The summed E-state index contributed by atoms with van der Waals surface area (Å²) in [5.41, 5.74) is 2.67. The first-order chi connectivity index (χ1) is 11.3. The molecule has 1 saturated heterocycles. The maximum atomic E-state index is 5.77. The first kappa shape index (κ1) is 14.8. The Morgan fingerprint density at radius 2 is 1.83 bits per heavy atom. The van der Waals surface area contributed by atoms with Gasteiger partial charge in [-0.3, -0.25) is 0 Å². The van der Waals surface area contributed by atoms with Gasteiger partial charge in [-0.2, -0.15) is 0 Å². The predicted molar refractivity (Wildman–Crippen MR) is 91.6 cm³/mol. The van der Waals surface area contributed by atoms with Crippen LogP contribution in [0.25, 0.3) is 10.9 Å². The summed E-state index contributed by atoms with van der Waals surface area (Å²) < 4.78 is 13.8. The topological polar surface area (TPSA) is 38.7 Å². The zero-order valence-corrected chi connectivity index (χ0v) is 13.8. The predicted octanol–water partition coefficient (Wildman–Crippen LogP) is 1.88. The standard InChI is InChI=1S/C18H25N3O2/c1-2-21-13-14(3-6-20-7-4-19-5-8-20)15-11-17-18(12-16(15)21)23-10-9-22-17/h11-13,19H,2-10H2,1H3. The van der Waals surface area contributed by atoms with Gasteiger partial charge < -0.3 is 24.3 Å². The van der Waals surface area contributed by atoms with Crippen LogP contribution < -0.4 is 14.8 Å². The number of benzene rings is 1. The maximum absolute atomic E-state index is 5.77. The molecule has 124 valence electrons. The second-order valence-electron chi connectivity index (χ2n) is 6.30. The molecule has 23 heavy (non-hydrogen) atoms. The molecule has 1 aromatic carbocycles. The number of aromatic nitrogens is 1. The number of hydrogen-bond acceptors (Lipinski definition) is 4. The average Bonchev–Trinajstić information content (AvgIpc) is 2.96. The second-order valence-corrected chi connectivity index (χ2v) is 6.30. The van der Waals surface area contributed by atoms with Crippen molar-refractivity contribution in [2.45, 2.75) is 19.9 Å². The minimum atomic E-state index is 0.640. The molecule has 2 aliphatic rings. The lowest BCUT2D eigenvalue weighted by atomic mass is 10.1. The van der Waals surface area contributed by atoms with Crippen LogP contribution in [0.4, 0.5) is 0 Å². The van der Waals surface area contributed by atoms with Crippen molar-refractivity contribution in [3.8, 4) is 11.5 Å². The molecule has 0 aliphatic carbocycles. The molecule has 5 heteroatoms. The quantitative estimate of drug-likeness (QED) is 0.935. The molecule has 0 radical (unpaired) electrons. The van der Waals surface area contributed by atoms with Crippen molar-refractivity contribution in [3.05, 3.63) is 23.9 Å². The summed E-state index contributed by atoms with van der Waals surface area (Å²) >= 11 is 0. The lowest BCUT2D eigenvalue weighted by molar-refractivity contribution is 0.172. The minimum Gasteiger partial charge on any atom is -0.486 e. The molecule has 1 fully saturated rings. The summed E-state index contributed by atoms with van der Waals surface area (Å²) in [5, 5.41) is 4.73. The summed E-state index contributed by atoms with van der Waals surface area (Å²) in [6.45, 7) is 10.1. The van der Waals surface area contributed by atoms with Gasteiger partial charge in [0.25, 0.3) is 0 Å². The molecule has 5 nitrogen and oxygen atoms in total. The Bertz CT molecular complexity index is 689. The van der Waals surface area contributed by atoms with E-state index in [1.54, 1.807) is 0 Å². The van der Waals surface area contributed by atoms with Crippen molar-refractivity contribution < 1.29 is 9.47 Å². The average molecular weight is 315 g/mol. The normalized spacial score (nSPS) is 18.5. The molecule has 0 unspecified atom stereocenters. The fourth-order valence-electron chi connectivity index (χ4n) is 3.57. The largest absolute Gasteiger partial charge is 0.486 e. The number of fused-ring (bicyclic) bond motifs is 2. The molecule has 0 saturated carbocycles. The van der Waals surface area contributed by atoms with Crippen LogP contribution in [0.2, 0.25) is 0 Å². The number of nitrogens with one attached hydrogen (secondary N) is 1. The first-order valence-electron chi connectivity index (χ1n) is 8.69. The Kier molecular flexibility index (Phi) is 4.14. The van der Waals surface area contributed by atoms with Gasteiger partial charge in [0, 0.05) is 56.9 Å². The minimum absolute atomic E-state index is 0.640.